The monoisotopic (exact) mass is 522 g/mol. The van der Waals surface area contributed by atoms with Gasteiger partial charge in [0, 0.05) is 19.6 Å². The largest absolute Gasteiger partial charge is 0.477 e. The van der Waals surface area contributed by atoms with Crippen LogP contribution in [0.2, 0.25) is 0 Å². The van der Waals surface area contributed by atoms with E-state index in [1.165, 1.54) is 25.7 Å². The first kappa shape index (κ1) is 30.3. The fourth-order valence-electron chi connectivity index (χ4n) is 5.64. The molecule has 212 valence electrons. The zero-order chi connectivity index (χ0) is 26.3. The molecule has 5 atom stereocenters. The molecule has 0 spiro atoms. The van der Waals surface area contributed by atoms with Gasteiger partial charge in [-0.15, -0.1) is 0 Å². The number of aliphatic hydroxyl groups is 1. The van der Waals surface area contributed by atoms with E-state index in [0.717, 1.165) is 51.4 Å². The van der Waals surface area contributed by atoms with Crippen LogP contribution in [0.1, 0.15) is 110 Å². The number of allylic oxidation sites excluding steroid dienone is 4. The number of aliphatic carboxylic acids is 1. The molecular weight excluding hydrogens is 472 g/mol. The average Bonchev–Trinajstić information content (AvgIpc) is 3.25. The second-order valence-corrected chi connectivity index (χ2v) is 10.9. The minimum absolute atomic E-state index is 0.173. The lowest BCUT2D eigenvalue weighted by atomic mass is 9.90. The van der Waals surface area contributed by atoms with Gasteiger partial charge in [0.25, 0.3) is 5.79 Å². The summed E-state index contributed by atoms with van der Waals surface area (Å²) in [5, 5.41) is 20.8. The van der Waals surface area contributed by atoms with Crippen LogP contribution in [0.15, 0.2) is 24.3 Å². The molecule has 3 aliphatic rings. The third kappa shape index (κ3) is 10.1. The maximum absolute atomic E-state index is 12.5. The van der Waals surface area contributed by atoms with E-state index < -0.39 is 24.3 Å². The van der Waals surface area contributed by atoms with Crippen LogP contribution >= 0.6 is 0 Å². The van der Waals surface area contributed by atoms with Crippen molar-refractivity contribution < 1.29 is 34.0 Å². The standard InChI is InChI=1S/C30H50O7/c1-2-3-4-5-6-8-15-24-19-20-26(31)25(24)16-9-7-12-21-30(29(32)33,36-27-17-10-13-22-34-27)37-28-18-11-14-23-35-28/h7-9,15,24-28,31H,2-6,10-14,16-23H2,1H3,(H,32,33)/b9-7-,15-8+/t24-,25+,26+,27?,28?,30?/m0/s1. The summed E-state index contributed by atoms with van der Waals surface area (Å²) < 4.78 is 23.4. The lowest BCUT2D eigenvalue weighted by molar-refractivity contribution is -0.352. The predicted molar refractivity (Wildman–Crippen MR) is 143 cm³/mol. The summed E-state index contributed by atoms with van der Waals surface area (Å²) in [5.41, 5.74) is 0. The molecule has 0 bridgehead atoms. The van der Waals surface area contributed by atoms with Gasteiger partial charge in [-0.2, -0.15) is 0 Å². The van der Waals surface area contributed by atoms with E-state index in [2.05, 4.69) is 25.2 Å². The van der Waals surface area contributed by atoms with Crippen LogP contribution in [0, 0.1) is 11.8 Å². The van der Waals surface area contributed by atoms with E-state index in [1.807, 2.05) is 6.08 Å². The van der Waals surface area contributed by atoms with Crippen molar-refractivity contribution in [3.8, 4) is 0 Å². The van der Waals surface area contributed by atoms with Crippen molar-refractivity contribution >= 4 is 5.97 Å². The smallest absolute Gasteiger partial charge is 0.364 e. The number of aliphatic hydroxyl groups excluding tert-OH is 1. The second-order valence-electron chi connectivity index (χ2n) is 10.9. The number of ether oxygens (including phenoxy) is 4. The molecule has 0 aromatic heterocycles. The minimum Gasteiger partial charge on any atom is -0.477 e. The Morgan fingerprint density at radius 3 is 2.19 bits per heavy atom. The maximum atomic E-state index is 12.5. The third-order valence-electron chi connectivity index (χ3n) is 7.91. The Hall–Kier alpha value is -1.25. The third-order valence-corrected chi connectivity index (χ3v) is 7.91. The first-order valence-corrected chi connectivity index (χ1v) is 14.9. The predicted octanol–water partition coefficient (Wildman–Crippen LogP) is 6.49. The van der Waals surface area contributed by atoms with Crippen molar-refractivity contribution in [2.45, 2.75) is 134 Å². The van der Waals surface area contributed by atoms with E-state index in [9.17, 15) is 15.0 Å². The van der Waals surface area contributed by atoms with E-state index in [0.29, 0.717) is 38.4 Å². The molecular formula is C30H50O7. The summed E-state index contributed by atoms with van der Waals surface area (Å²) in [4.78, 5) is 12.5. The average molecular weight is 523 g/mol. The molecule has 3 fully saturated rings. The summed E-state index contributed by atoms with van der Waals surface area (Å²) >= 11 is 0. The lowest BCUT2D eigenvalue weighted by Crippen LogP contribution is -2.51. The van der Waals surface area contributed by atoms with Crippen molar-refractivity contribution in [1.29, 1.82) is 0 Å². The quantitative estimate of drug-likeness (QED) is 0.136. The van der Waals surface area contributed by atoms with Crippen molar-refractivity contribution in [3.63, 3.8) is 0 Å². The molecule has 7 heteroatoms. The highest BCUT2D eigenvalue weighted by Gasteiger charge is 2.46. The molecule has 0 radical (unpaired) electrons. The van der Waals surface area contributed by atoms with Crippen molar-refractivity contribution in [3.05, 3.63) is 24.3 Å². The summed E-state index contributed by atoms with van der Waals surface area (Å²) in [6.45, 7) is 3.36. The fourth-order valence-corrected chi connectivity index (χ4v) is 5.64. The minimum atomic E-state index is -1.80. The number of hydrogen-bond donors (Lipinski definition) is 2. The molecule has 1 aliphatic carbocycles. The van der Waals surface area contributed by atoms with Gasteiger partial charge in [-0.1, -0.05) is 50.5 Å². The van der Waals surface area contributed by atoms with Crippen LogP contribution < -0.4 is 0 Å². The highest BCUT2D eigenvalue weighted by atomic mass is 16.8. The normalized spacial score (nSPS) is 30.7. The summed E-state index contributed by atoms with van der Waals surface area (Å²) in [7, 11) is 0. The Labute approximate surface area is 223 Å². The molecule has 2 unspecified atom stereocenters. The molecule has 0 amide bonds. The van der Waals surface area contributed by atoms with E-state index in [-0.39, 0.29) is 18.4 Å². The van der Waals surface area contributed by atoms with E-state index >= 15 is 0 Å². The first-order chi connectivity index (χ1) is 18.0. The molecule has 2 saturated heterocycles. The van der Waals surface area contributed by atoms with Crippen molar-refractivity contribution in [2.75, 3.05) is 13.2 Å². The van der Waals surface area contributed by atoms with Crippen molar-refractivity contribution in [1.82, 2.24) is 0 Å². The number of carbonyl (C=O) groups is 1. The van der Waals surface area contributed by atoms with Crippen LogP contribution in [0.3, 0.4) is 0 Å². The topological polar surface area (TPSA) is 94.5 Å². The first-order valence-electron chi connectivity index (χ1n) is 14.9. The summed E-state index contributed by atoms with van der Waals surface area (Å²) in [5.74, 6) is -2.32. The summed E-state index contributed by atoms with van der Waals surface area (Å²) in [6.07, 6.45) is 21.9. The zero-order valence-corrected chi connectivity index (χ0v) is 22.9. The van der Waals surface area contributed by atoms with Gasteiger partial charge in [-0.3, -0.25) is 0 Å². The number of rotatable bonds is 16. The van der Waals surface area contributed by atoms with Gasteiger partial charge in [0.1, 0.15) is 0 Å². The van der Waals surface area contributed by atoms with E-state index in [1.54, 1.807) is 0 Å². The van der Waals surface area contributed by atoms with E-state index in [4.69, 9.17) is 18.9 Å². The van der Waals surface area contributed by atoms with Crippen LogP contribution in [-0.4, -0.2) is 53.9 Å². The van der Waals surface area contributed by atoms with Crippen LogP contribution in [0.4, 0.5) is 0 Å². The van der Waals surface area contributed by atoms with Gasteiger partial charge in [0.15, 0.2) is 12.6 Å². The van der Waals surface area contributed by atoms with Gasteiger partial charge in [-0.25, -0.2) is 4.79 Å². The Morgan fingerprint density at radius 2 is 1.59 bits per heavy atom. The summed E-state index contributed by atoms with van der Waals surface area (Å²) in [6, 6.07) is 0. The molecule has 0 aromatic carbocycles. The second kappa shape index (κ2) is 16.7. The molecule has 2 aliphatic heterocycles. The van der Waals surface area contributed by atoms with Crippen LogP contribution in [0.25, 0.3) is 0 Å². The lowest BCUT2D eigenvalue weighted by Gasteiger charge is -2.37. The van der Waals surface area contributed by atoms with Crippen molar-refractivity contribution in [2.24, 2.45) is 11.8 Å². The van der Waals surface area contributed by atoms with Gasteiger partial charge in [-0.05, 0) is 88.9 Å². The number of carboxylic acids is 1. The highest BCUT2D eigenvalue weighted by molar-refractivity contribution is 5.75. The van der Waals surface area contributed by atoms with Crippen LogP contribution in [-0.2, 0) is 23.7 Å². The van der Waals surface area contributed by atoms with Gasteiger partial charge >= 0.3 is 5.97 Å². The highest BCUT2D eigenvalue weighted by Crippen LogP contribution is 2.36. The molecule has 1 saturated carbocycles. The Kier molecular flexibility index (Phi) is 13.6. The molecule has 3 rings (SSSR count). The van der Waals surface area contributed by atoms with Gasteiger partial charge in [0.05, 0.1) is 6.10 Å². The fraction of sp³-hybridized carbons (Fsp3) is 0.833. The maximum Gasteiger partial charge on any atom is 0.364 e. The SMILES string of the molecule is CCCCCC/C=C/[C@H]1CC[C@@H](O)[C@@H]1C/C=C\CCC(OC1CCCCO1)(OC1CCCCO1)C(=O)O. The Balaban J connectivity index is 1.54. The molecule has 2 heterocycles. The van der Waals surface area contributed by atoms with Crippen LogP contribution in [0.5, 0.6) is 0 Å². The number of unbranched alkanes of at least 4 members (excludes halogenated alkanes) is 4. The molecule has 0 aromatic rings. The molecule has 2 N–H and O–H groups in total. The zero-order valence-electron chi connectivity index (χ0n) is 22.9. The van der Waals surface area contributed by atoms with Gasteiger partial charge < -0.3 is 29.2 Å². The Bertz CT molecular complexity index is 674. The number of carboxylic acid groups (broad SMARTS) is 1. The molecule has 37 heavy (non-hydrogen) atoms. The molecule has 7 nitrogen and oxygen atoms in total. The Morgan fingerprint density at radius 1 is 0.892 bits per heavy atom. The van der Waals surface area contributed by atoms with Gasteiger partial charge in [0.2, 0.25) is 0 Å². The number of hydrogen-bond acceptors (Lipinski definition) is 6.